The first-order chi connectivity index (χ1) is 8.63. The van der Waals surface area contributed by atoms with Crippen LogP contribution in [-0.2, 0) is 4.79 Å². The molecule has 0 spiro atoms. The Labute approximate surface area is 113 Å². The summed E-state index contributed by atoms with van der Waals surface area (Å²) in [7, 11) is 0. The summed E-state index contributed by atoms with van der Waals surface area (Å²) in [6, 6.07) is 3.63. The largest absolute Gasteiger partial charge is 0.397 e. The molecule has 100 valence electrons. The highest BCUT2D eigenvalue weighted by Gasteiger charge is 2.14. The van der Waals surface area contributed by atoms with Crippen LogP contribution in [0.4, 0.5) is 5.69 Å². The van der Waals surface area contributed by atoms with Gasteiger partial charge in [0.1, 0.15) is 0 Å². The van der Waals surface area contributed by atoms with Crippen molar-refractivity contribution in [2.45, 2.75) is 43.4 Å². The number of nitrogens with one attached hydrogen (secondary N) is 1. The van der Waals surface area contributed by atoms with Crippen molar-refractivity contribution in [3.05, 3.63) is 18.3 Å². The zero-order valence-electron chi connectivity index (χ0n) is 11.0. The monoisotopic (exact) mass is 267 g/mol. The maximum atomic E-state index is 11.8. The molecule has 1 aromatic rings. The summed E-state index contributed by atoms with van der Waals surface area (Å²) in [6.07, 6.45) is 4.96. The van der Waals surface area contributed by atoms with E-state index in [-0.39, 0.29) is 11.2 Å². The van der Waals surface area contributed by atoms with Crippen LogP contribution in [0.3, 0.4) is 0 Å². The Morgan fingerprint density at radius 3 is 2.89 bits per heavy atom. The minimum Gasteiger partial charge on any atom is -0.397 e. The van der Waals surface area contributed by atoms with Crippen molar-refractivity contribution in [3.8, 4) is 0 Å². The number of unbranched alkanes of at least 4 members (excludes halogenated alkanes) is 2. The molecule has 0 aromatic carbocycles. The van der Waals surface area contributed by atoms with Crippen molar-refractivity contribution in [1.82, 2.24) is 10.3 Å². The van der Waals surface area contributed by atoms with Crippen molar-refractivity contribution in [1.29, 1.82) is 0 Å². The molecule has 0 saturated carbocycles. The van der Waals surface area contributed by atoms with Crippen LogP contribution >= 0.6 is 11.8 Å². The molecule has 0 aliphatic heterocycles. The normalized spacial score (nSPS) is 12.1. The third kappa shape index (κ3) is 5.40. The van der Waals surface area contributed by atoms with Gasteiger partial charge in [-0.25, -0.2) is 4.98 Å². The second-order valence-corrected chi connectivity index (χ2v) is 5.55. The summed E-state index contributed by atoms with van der Waals surface area (Å²) >= 11 is 1.45. The SMILES string of the molecule is CCCCCNC(=O)C(C)Sc1ccc(N)cn1. The van der Waals surface area contributed by atoms with Crippen LogP contribution in [0.25, 0.3) is 0 Å². The van der Waals surface area contributed by atoms with Crippen molar-refractivity contribution in [2.75, 3.05) is 12.3 Å². The Morgan fingerprint density at radius 2 is 2.28 bits per heavy atom. The highest BCUT2D eigenvalue weighted by atomic mass is 32.2. The van der Waals surface area contributed by atoms with E-state index < -0.39 is 0 Å². The van der Waals surface area contributed by atoms with Crippen LogP contribution < -0.4 is 11.1 Å². The van der Waals surface area contributed by atoms with Crippen LogP contribution in [0.5, 0.6) is 0 Å². The number of thioether (sulfide) groups is 1. The van der Waals surface area contributed by atoms with Gasteiger partial charge in [0.2, 0.25) is 5.91 Å². The molecule has 0 saturated heterocycles. The molecule has 0 radical (unpaired) electrons. The third-order valence-electron chi connectivity index (χ3n) is 2.51. The number of carbonyl (C=O) groups excluding carboxylic acids is 1. The van der Waals surface area contributed by atoms with Gasteiger partial charge >= 0.3 is 0 Å². The Balaban J connectivity index is 2.33. The summed E-state index contributed by atoms with van der Waals surface area (Å²) in [5.74, 6) is 0.0646. The molecule has 18 heavy (non-hydrogen) atoms. The number of carbonyl (C=O) groups is 1. The van der Waals surface area contributed by atoms with Crippen LogP contribution in [0.15, 0.2) is 23.4 Å². The van der Waals surface area contributed by atoms with Gasteiger partial charge in [-0.05, 0) is 25.5 Å². The Kier molecular flexibility index (Phi) is 6.57. The number of anilines is 1. The summed E-state index contributed by atoms with van der Waals surface area (Å²) in [5.41, 5.74) is 6.20. The zero-order valence-corrected chi connectivity index (χ0v) is 11.8. The van der Waals surface area contributed by atoms with Crippen molar-refractivity contribution in [3.63, 3.8) is 0 Å². The van der Waals surface area contributed by atoms with Gasteiger partial charge in [0, 0.05) is 6.54 Å². The second-order valence-electron chi connectivity index (χ2n) is 4.19. The van der Waals surface area contributed by atoms with E-state index in [1.807, 2.05) is 13.0 Å². The molecule has 0 aliphatic rings. The summed E-state index contributed by atoms with van der Waals surface area (Å²) < 4.78 is 0. The van der Waals surface area contributed by atoms with Crippen LogP contribution in [-0.4, -0.2) is 22.7 Å². The predicted octanol–water partition coefficient (Wildman–Crippen LogP) is 2.45. The van der Waals surface area contributed by atoms with E-state index in [9.17, 15) is 4.79 Å². The lowest BCUT2D eigenvalue weighted by Crippen LogP contribution is -2.31. The van der Waals surface area contributed by atoms with Gasteiger partial charge in [-0.2, -0.15) is 0 Å². The highest BCUT2D eigenvalue weighted by Crippen LogP contribution is 2.21. The van der Waals surface area contributed by atoms with Crippen LogP contribution in [0.1, 0.15) is 33.1 Å². The number of rotatable bonds is 7. The molecule has 1 rings (SSSR count). The quantitative estimate of drug-likeness (QED) is 0.588. The van der Waals surface area contributed by atoms with Crippen molar-refractivity contribution < 1.29 is 4.79 Å². The first-order valence-corrected chi connectivity index (χ1v) is 7.17. The van der Waals surface area contributed by atoms with E-state index in [2.05, 4.69) is 17.2 Å². The summed E-state index contributed by atoms with van der Waals surface area (Å²) in [5, 5.41) is 3.62. The number of nitrogens with zero attached hydrogens (tertiary/aromatic N) is 1. The molecule has 1 aromatic heterocycles. The fraction of sp³-hybridized carbons (Fsp3) is 0.538. The number of aromatic nitrogens is 1. The maximum absolute atomic E-state index is 11.8. The second kappa shape index (κ2) is 7.97. The molecule has 0 aliphatic carbocycles. The lowest BCUT2D eigenvalue weighted by Gasteiger charge is -2.11. The number of amides is 1. The fourth-order valence-electron chi connectivity index (χ4n) is 1.43. The van der Waals surface area contributed by atoms with Gasteiger partial charge in [-0.3, -0.25) is 4.79 Å². The van der Waals surface area contributed by atoms with Gasteiger partial charge < -0.3 is 11.1 Å². The Morgan fingerprint density at radius 1 is 1.50 bits per heavy atom. The van der Waals surface area contributed by atoms with Crippen LogP contribution in [0.2, 0.25) is 0 Å². The standard InChI is InChI=1S/C13H21N3OS/c1-3-4-5-8-15-13(17)10(2)18-12-7-6-11(14)9-16-12/h6-7,9-10H,3-5,8,14H2,1-2H3,(H,15,17). The number of nitrogens with two attached hydrogens (primary N) is 1. The molecule has 5 heteroatoms. The van der Waals surface area contributed by atoms with Gasteiger partial charge in [-0.1, -0.05) is 31.5 Å². The topological polar surface area (TPSA) is 68.0 Å². The minimum absolute atomic E-state index is 0.0646. The first kappa shape index (κ1) is 14.8. The number of hydrogen-bond donors (Lipinski definition) is 2. The van der Waals surface area contributed by atoms with Crippen molar-refractivity contribution in [2.24, 2.45) is 0 Å². The molecule has 4 nitrogen and oxygen atoms in total. The molecule has 1 atom stereocenters. The van der Waals surface area contributed by atoms with Gasteiger partial charge in [0.25, 0.3) is 0 Å². The van der Waals surface area contributed by atoms with E-state index in [0.717, 1.165) is 30.8 Å². The average molecular weight is 267 g/mol. The number of nitrogen functional groups attached to an aromatic ring is 1. The molecule has 1 amide bonds. The highest BCUT2D eigenvalue weighted by molar-refractivity contribution is 8.00. The molecular weight excluding hydrogens is 246 g/mol. The van der Waals surface area contributed by atoms with E-state index in [4.69, 9.17) is 5.73 Å². The molecule has 3 N–H and O–H groups in total. The molecule has 1 heterocycles. The van der Waals surface area contributed by atoms with E-state index >= 15 is 0 Å². The maximum Gasteiger partial charge on any atom is 0.233 e. The van der Waals surface area contributed by atoms with Gasteiger partial charge in [0.05, 0.1) is 22.2 Å². The Hall–Kier alpha value is -1.23. The van der Waals surface area contributed by atoms with E-state index in [1.165, 1.54) is 11.8 Å². The Bertz CT molecular complexity index is 367. The lowest BCUT2D eigenvalue weighted by molar-refractivity contribution is -0.120. The van der Waals surface area contributed by atoms with Gasteiger partial charge in [0.15, 0.2) is 0 Å². The predicted molar refractivity (Wildman–Crippen MR) is 76.5 cm³/mol. The lowest BCUT2D eigenvalue weighted by atomic mass is 10.2. The fourth-order valence-corrected chi connectivity index (χ4v) is 2.24. The average Bonchev–Trinajstić information content (AvgIpc) is 2.37. The molecule has 0 bridgehead atoms. The molecular formula is C13H21N3OS. The number of pyridine rings is 1. The smallest absolute Gasteiger partial charge is 0.233 e. The van der Waals surface area contributed by atoms with Crippen molar-refractivity contribution >= 4 is 23.4 Å². The van der Waals surface area contributed by atoms with E-state index in [1.54, 1.807) is 12.3 Å². The first-order valence-electron chi connectivity index (χ1n) is 6.29. The zero-order chi connectivity index (χ0) is 13.4. The summed E-state index contributed by atoms with van der Waals surface area (Å²) in [4.78, 5) is 16.0. The molecule has 0 fully saturated rings. The minimum atomic E-state index is -0.136. The number of hydrogen-bond acceptors (Lipinski definition) is 4. The molecule has 1 unspecified atom stereocenters. The summed E-state index contributed by atoms with van der Waals surface area (Å²) in [6.45, 7) is 4.79. The third-order valence-corrected chi connectivity index (χ3v) is 3.56. The van der Waals surface area contributed by atoms with Gasteiger partial charge in [-0.15, -0.1) is 0 Å². The van der Waals surface area contributed by atoms with E-state index in [0.29, 0.717) is 5.69 Å². The van der Waals surface area contributed by atoms with Crippen LogP contribution in [0, 0.1) is 0 Å².